The van der Waals surface area contributed by atoms with Crippen molar-refractivity contribution in [2.45, 2.75) is 44.9 Å². The van der Waals surface area contributed by atoms with E-state index in [1.54, 1.807) is 7.05 Å². The molecule has 0 saturated carbocycles. The summed E-state index contributed by atoms with van der Waals surface area (Å²) in [5.74, 6) is -0.886. The predicted octanol–water partition coefficient (Wildman–Crippen LogP) is 2.38. The second kappa shape index (κ2) is 8.56. The highest BCUT2D eigenvalue weighted by Crippen LogP contribution is 2.18. The molecule has 2 N–H and O–H groups in total. The average Bonchev–Trinajstić information content (AvgIpc) is 2.64. The lowest BCUT2D eigenvalue weighted by Gasteiger charge is -2.17. The molecule has 5 heteroatoms. The molecule has 0 bridgehead atoms. The fraction of sp³-hybridized carbons (Fsp3) is 0.714. The number of nitrogens with zero attached hydrogens (tertiary/aromatic N) is 1. The van der Waals surface area contributed by atoms with Gasteiger partial charge in [0.05, 0.1) is 6.42 Å². The van der Waals surface area contributed by atoms with Crippen LogP contribution >= 0.6 is 0 Å². The lowest BCUT2D eigenvalue weighted by molar-refractivity contribution is -0.137. The quantitative estimate of drug-likeness (QED) is 0.727. The first kappa shape index (κ1) is 15.5. The van der Waals surface area contributed by atoms with Gasteiger partial charge >= 0.3 is 12.0 Å². The van der Waals surface area contributed by atoms with E-state index in [4.69, 9.17) is 5.11 Å². The number of urea groups is 1. The number of hydrogen-bond donors (Lipinski definition) is 2. The van der Waals surface area contributed by atoms with Crippen LogP contribution in [-0.2, 0) is 4.79 Å². The topological polar surface area (TPSA) is 69.6 Å². The number of rotatable bonds is 6. The second-order valence-corrected chi connectivity index (χ2v) is 5.01. The van der Waals surface area contributed by atoms with Crippen LogP contribution in [0, 0.1) is 0 Å². The highest BCUT2D eigenvalue weighted by Gasteiger charge is 2.10. The third kappa shape index (κ3) is 6.84. The van der Waals surface area contributed by atoms with Gasteiger partial charge in [0.2, 0.25) is 0 Å². The van der Waals surface area contributed by atoms with Crippen LogP contribution in [0.3, 0.4) is 0 Å². The molecule has 1 aliphatic rings. The minimum absolute atomic E-state index is 0.0188. The van der Waals surface area contributed by atoms with Crippen LogP contribution in [-0.4, -0.2) is 42.1 Å². The Balaban J connectivity index is 2.18. The molecule has 0 aliphatic heterocycles. The molecular formula is C14H24N2O3. The molecule has 0 aromatic carbocycles. The Morgan fingerprint density at radius 3 is 2.89 bits per heavy atom. The van der Waals surface area contributed by atoms with E-state index in [0.29, 0.717) is 6.54 Å². The molecule has 1 rings (SSSR count). The van der Waals surface area contributed by atoms with Gasteiger partial charge in [0.25, 0.3) is 0 Å². The van der Waals surface area contributed by atoms with E-state index >= 15 is 0 Å². The van der Waals surface area contributed by atoms with Crippen LogP contribution in [0.15, 0.2) is 11.6 Å². The van der Waals surface area contributed by atoms with Gasteiger partial charge in [-0.1, -0.05) is 18.1 Å². The van der Waals surface area contributed by atoms with E-state index in [-0.39, 0.29) is 19.0 Å². The summed E-state index contributed by atoms with van der Waals surface area (Å²) in [6.07, 6.45) is 9.30. The van der Waals surface area contributed by atoms with Gasteiger partial charge in [-0.05, 0) is 32.1 Å². The molecular weight excluding hydrogens is 244 g/mol. The normalized spacial score (nSPS) is 15.3. The highest BCUT2D eigenvalue weighted by atomic mass is 16.4. The van der Waals surface area contributed by atoms with Gasteiger partial charge in [0.1, 0.15) is 0 Å². The van der Waals surface area contributed by atoms with Crippen molar-refractivity contribution < 1.29 is 14.7 Å². The molecule has 5 nitrogen and oxygen atoms in total. The number of carbonyl (C=O) groups is 2. The van der Waals surface area contributed by atoms with E-state index < -0.39 is 5.97 Å². The molecule has 0 fully saturated rings. The number of nitrogens with one attached hydrogen (secondary N) is 1. The van der Waals surface area contributed by atoms with Crippen LogP contribution in [0.4, 0.5) is 4.79 Å². The molecule has 0 saturated heterocycles. The summed E-state index contributed by atoms with van der Waals surface area (Å²) in [6, 6.07) is -0.199. The zero-order valence-corrected chi connectivity index (χ0v) is 11.7. The molecule has 0 radical (unpaired) electrons. The highest BCUT2D eigenvalue weighted by molar-refractivity contribution is 5.74. The Kier molecular flexibility index (Phi) is 7.00. The zero-order chi connectivity index (χ0) is 14.1. The second-order valence-electron chi connectivity index (χ2n) is 5.01. The van der Waals surface area contributed by atoms with Crippen LogP contribution < -0.4 is 5.32 Å². The third-order valence-corrected chi connectivity index (χ3v) is 3.37. The summed E-state index contributed by atoms with van der Waals surface area (Å²) in [5, 5.41) is 11.4. The van der Waals surface area contributed by atoms with Crippen molar-refractivity contribution in [3.63, 3.8) is 0 Å². The Morgan fingerprint density at radius 1 is 1.37 bits per heavy atom. The fourth-order valence-electron chi connectivity index (χ4n) is 2.14. The summed E-state index contributed by atoms with van der Waals surface area (Å²) >= 11 is 0. The van der Waals surface area contributed by atoms with Gasteiger partial charge in [-0.2, -0.15) is 0 Å². The van der Waals surface area contributed by atoms with E-state index in [0.717, 1.165) is 19.3 Å². The molecule has 0 heterocycles. The summed E-state index contributed by atoms with van der Waals surface area (Å²) in [4.78, 5) is 23.5. The molecule has 108 valence electrons. The molecule has 0 unspecified atom stereocenters. The third-order valence-electron chi connectivity index (χ3n) is 3.37. The summed E-state index contributed by atoms with van der Waals surface area (Å²) in [6.45, 7) is 0.867. The maximum Gasteiger partial charge on any atom is 0.317 e. The van der Waals surface area contributed by atoms with E-state index in [9.17, 15) is 9.59 Å². The standard InChI is InChI=1S/C14H24N2O3/c1-16(11-9-13(17)18)14(19)15-10-8-12-6-4-2-3-5-7-12/h6H,2-5,7-11H2,1H3,(H,15,19)(H,17,18). The van der Waals surface area contributed by atoms with E-state index in [1.807, 2.05) is 0 Å². The smallest absolute Gasteiger partial charge is 0.317 e. The Labute approximate surface area is 114 Å². The van der Waals surface area contributed by atoms with Crippen LogP contribution in [0.2, 0.25) is 0 Å². The largest absolute Gasteiger partial charge is 0.481 e. The zero-order valence-electron chi connectivity index (χ0n) is 11.7. The van der Waals surface area contributed by atoms with Crippen molar-refractivity contribution in [1.82, 2.24) is 10.2 Å². The van der Waals surface area contributed by atoms with Crippen molar-refractivity contribution in [3.8, 4) is 0 Å². The molecule has 0 aromatic heterocycles. The molecule has 0 atom stereocenters. The first-order valence-corrected chi connectivity index (χ1v) is 6.98. The minimum atomic E-state index is -0.886. The maximum atomic E-state index is 11.7. The molecule has 19 heavy (non-hydrogen) atoms. The number of carboxylic acids is 1. The number of hydrogen-bond acceptors (Lipinski definition) is 2. The summed E-state index contributed by atoms with van der Waals surface area (Å²) in [5.41, 5.74) is 1.44. The van der Waals surface area contributed by atoms with Gasteiger partial charge in [0.15, 0.2) is 0 Å². The first-order valence-electron chi connectivity index (χ1n) is 6.98. The Bertz CT molecular complexity index is 340. The molecule has 1 aliphatic carbocycles. The number of carboxylic acid groups (broad SMARTS) is 1. The van der Waals surface area contributed by atoms with Gasteiger partial charge < -0.3 is 15.3 Å². The predicted molar refractivity (Wildman–Crippen MR) is 74.1 cm³/mol. The Hall–Kier alpha value is -1.52. The molecule has 0 spiro atoms. The van der Waals surface area contributed by atoms with E-state index in [2.05, 4.69) is 11.4 Å². The summed E-state index contributed by atoms with van der Waals surface area (Å²) < 4.78 is 0. The monoisotopic (exact) mass is 268 g/mol. The van der Waals surface area contributed by atoms with Crippen LogP contribution in [0.25, 0.3) is 0 Å². The number of aliphatic carboxylic acids is 1. The van der Waals surface area contributed by atoms with Gasteiger partial charge in [-0.25, -0.2) is 4.79 Å². The van der Waals surface area contributed by atoms with Gasteiger partial charge in [-0.15, -0.1) is 0 Å². The summed E-state index contributed by atoms with van der Waals surface area (Å²) in [7, 11) is 1.61. The maximum absolute atomic E-state index is 11.7. The average molecular weight is 268 g/mol. The van der Waals surface area contributed by atoms with Crippen molar-refractivity contribution in [1.29, 1.82) is 0 Å². The molecule has 0 aromatic rings. The van der Waals surface area contributed by atoms with Crippen molar-refractivity contribution in [2.24, 2.45) is 0 Å². The van der Waals surface area contributed by atoms with Crippen LogP contribution in [0.5, 0.6) is 0 Å². The fourth-order valence-corrected chi connectivity index (χ4v) is 2.14. The van der Waals surface area contributed by atoms with Crippen molar-refractivity contribution in [3.05, 3.63) is 11.6 Å². The number of allylic oxidation sites excluding steroid dienone is 1. The SMILES string of the molecule is CN(CCC(=O)O)C(=O)NCCC1=CCCCCC1. The van der Waals surface area contributed by atoms with Gasteiger partial charge in [0, 0.05) is 20.1 Å². The lowest BCUT2D eigenvalue weighted by Crippen LogP contribution is -2.38. The molecule has 2 amide bonds. The Morgan fingerprint density at radius 2 is 2.16 bits per heavy atom. The van der Waals surface area contributed by atoms with Gasteiger partial charge in [-0.3, -0.25) is 4.79 Å². The number of carbonyl (C=O) groups excluding carboxylic acids is 1. The number of amides is 2. The van der Waals surface area contributed by atoms with Crippen molar-refractivity contribution >= 4 is 12.0 Å². The van der Waals surface area contributed by atoms with E-state index in [1.165, 1.54) is 29.7 Å². The van der Waals surface area contributed by atoms with Crippen LogP contribution in [0.1, 0.15) is 44.9 Å². The lowest BCUT2D eigenvalue weighted by atomic mass is 10.1. The van der Waals surface area contributed by atoms with Crippen molar-refractivity contribution in [2.75, 3.05) is 20.1 Å². The first-order chi connectivity index (χ1) is 9.09. The minimum Gasteiger partial charge on any atom is -0.481 e.